The minimum Gasteiger partial charge on any atom is -0.385 e. The van der Waals surface area contributed by atoms with E-state index in [1.807, 2.05) is 0 Å². The molecule has 0 aliphatic heterocycles. The topological polar surface area (TPSA) is 76.9 Å². The molecule has 9 heteroatoms. The van der Waals surface area contributed by atoms with Gasteiger partial charge in [-0.05, 0) is 18.6 Å². The van der Waals surface area contributed by atoms with Gasteiger partial charge in [-0.25, -0.2) is 8.78 Å². The summed E-state index contributed by atoms with van der Waals surface area (Å²) in [5.74, 6) is -0.978. The first-order valence-corrected chi connectivity index (χ1v) is 7.73. The number of benzene rings is 1. The predicted molar refractivity (Wildman–Crippen MR) is 90.9 cm³/mol. The number of hydrogen-bond acceptors (Lipinski definition) is 6. The Bertz CT molecular complexity index is 882. The van der Waals surface area contributed by atoms with Crippen molar-refractivity contribution in [3.63, 3.8) is 0 Å². The standard InChI is InChI=1S/C16H18F2N6O/c1-24-15-11(9-20-24)14(19-6-3-7-25-2)22-16(23-15)21-10-4-5-12(17)13(18)8-10/h4-5,8-9H,3,6-7H2,1-2H3,(H2,19,21,22,23). The molecule has 0 aliphatic rings. The van der Waals surface area contributed by atoms with Gasteiger partial charge < -0.3 is 15.4 Å². The van der Waals surface area contributed by atoms with E-state index in [1.54, 1.807) is 25.0 Å². The van der Waals surface area contributed by atoms with E-state index in [4.69, 9.17) is 4.74 Å². The number of anilines is 3. The van der Waals surface area contributed by atoms with Crippen LogP contribution < -0.4 is 10.6 Å². The molecular weight excluding hydrogens is 330 g/mol. The maximum atomic E-state index is 13.4. The molecule has 0 saturated heterocycles. The monoisotopic (exact) mass is 348 g/mol. The quantitative estimate of drug-likeness (QED) is 0.640. The van der Waals surface area contributed by atoms with Gasteiger partial charge in [0.2, 0.25) is 5.95 Å². The Morgan fingerprint density at radius 3 is 2.80 bits per heavy atom. The molecule has 7 nitrogen and oxygen atoms in total. The minimum atomic E-state index is -0.940. The maximum absolute atomic E-state index is 13.4. The van der Waals surface area contributed by atoms with Gasteiger partial charge in [-0.1, -0.05) is 0 Å². The highest BCUT2D eigenvalue weighted by Crippen LogP contribution is 2.23. The summed E-state index contributed by atoms with van der Waals surface area (Å²) in [5.41, 5.74) is 0.972. The number of aryl methyl sites for hydroxylation is 1. The predicted octanol–water partition coefficient (Wildman–Crippen LogP) is 2.83. The summed E-state index contributed by atoms with van der Waals surface area (Å²) < 4.78 is 33.1. The van der Waals surface area contributed by atoms with Crippen molar-refractivity contribution in [2.45, 2.75) is 6.42 Å². The van der Waals surface area contributed by atoms with E-state index < -0.39 is 11.6 Å². The lowest BCUT2D eigenvalue weighted by Gasteiger charge is -2.10. The van der Waals surface area contributed by atoms with Gasteiger partial charge in [0.05, 0.1) is 11.6 Å². The van der Waals surface area contributed by atoms with Crippen molar-refractivity contribution in [3.8, 4) is 0 Å². The molecule has 0 saturated carbocycles. The van der Waals surface area contributed by atoms with Crippen LogP contribution in [-0.4, -0.2) is 40.0 Å². The van der Waals surface area contributed by atoms with Gasteiger partial charge in [-0.3, -0.25) is 4.68 Å². The number of nitrogens with one attached hydrogen (secondary N) is 2. The van der Waals surface area contributed by atoms with Crippen molar-refractivity contribution >= 4 is 28.5 Å². The van der Waals surface area contributed by atoms with E-state index in [1.165, 1.54) is 6.07 Å². The van der Waals surface area contributed by atoms with Gasteiger partial charge in [0.15, 0.2) is 17.3 Å². The molecule has 0 bridgehead atoms. The van der Waals surface area contributed by atoms with Crippen LogP contribution in [0.1, 0.15) is 6.42 Å². The Hall–Kier alpha value is -2.81. The van der Waals surface area contributed by atoms with Crippen molar-refractivity contribution in [3.05, 3.63) is 36.0 Å². The van der Waals surface area contributed by atoms with Crippen LogP contribution in [-0.2, 0) is 11.8 Å². The van der Waals surface area contributed by atoms with Crippen molar-refractivity contribution in [2.75, 3.05) is 30.9 Å². The molecule has 3 rings (SSSR count). The third-order valence-corrected chi connectivity index (χ3v) is 3.59. The third-order valence-electron chi connectivity index (χ3n) is 3.59. The Balaban J connectivity index is 1.89. The fourth-order valence-corrected chi connectivity index (χ4v) is 2.34. The van der Waals surface area contributed by atoms with E-state index in [2.05, 4.69) is 25.7 Å². The number of hydrogen-bond donors (Lipinski definition) is 2. The zero-order chi connectivity index (χ0) is 17.8. The van der Waals surface area contributed by atoms with Crippen LogP contribution in [0.5, 0.6) is 0 Å². The SMILES string of the molecule is COCCCNc1nc(Nc2ccc(F)c(F)c2)nc2c1cnn2C. The zero-order valence-electron chi connectivity index (χ0n) is 13.9. The first-order chi connectivity index (χ1) is 12.1. The van der Waals surface area contributed by atoms with Crippen molar-refractivity contribution in [2.24, 2.45) is 7.05 Å². The zero-order valence-corrected chi connectivity index (χ0v) is 13.9. The molecule has 0 unspecified atom stereocenters. The summed E-state index contributed by atoms with van der Waals surface area (Å²) >= 11 is 0. The molecule has 1 aromatic carbocycles. The van der Waals surface area contributed by atoms with Crippen molar-refractivity contribution in [1.82, 2.24) is 19.7 Å². The Morgan fingerprint density at radius 2 is 2.04 bits per heavy atom. The summed E-state index contributed by atoms with van der Waals surface area (Å²) in [6.07, 6.45) is 2.49. The molecule has 25 heavy (non-hydrogen) atoms. The highest BCUT2D eigenvalue weighted by molar-refractivity contribution is 5.87. The van der Waals surface area contributed by atoms with Crippen LogP contribution in [0.2, 0.25) is 0 Å². The minimum absolute atomic E-state index is 0.261. The second-order valence-corrected chi connectivity index (χ2v) is 5.43. The highest BCUT2D eigenvalue weighted by Gasteiger charge is 2.12. The average Bonchev–Trinajstić information content (AvgIpc) is 2.96. The molecule has 3 aromatic rings. The van der Waals surface area contributed by atoms with Crippen LogP contribution >= 0.6 is 0 Å². The number of aromatic nitrogens is 4. The van der Waals surface area contributed by atoms with Gasteiger partial charge >= 0.3 is 0 Å². The molecule has 2 heterocycles. The average molecular weight is 348 g/mol. The van der Waals surface area contributed by atoms with E-state index in [-0.39, 0.29) is 5.95 Å². The number of methoxy groups -OCH3 is 1. The molecule has 0 aliphatic carbocycles. The Kier molecular flexibility index (Phi) is 5.03. The first-order valence-electron chi connectivity index (χ1n) is 7.73. The maximum Gasteiger partial charge on any atom is 0.231 e. The van der Waals surface area contributed by atoms with E-state index in [0.29, 0.717) is 30.3 Å². The number of ether oxygens (including phenoxy) is 1. The Labute approximate surface area is 143 Å². The summed E-state index contributed by atoms with van der Waals surface area (Å²) in [7, 11) is 3.42. The molecule has 132 valence electrons. The normalized spacial score (nSPS) is 11.0. The molecule has 2 N–H and O–H groups in total. The number of rotatable bonds is 7. The lowest BCUT2D eigenvalue weighted by atomic mass is 10.3. The molecule has 0 atom stereocenters. The van der Waals surface area contributed by atoms with Gasteiger partial charge in [0.1, 0.15) is 5.82 Å². The smallest absolute Gasteiger partial charge is 0.231 e. The molecule has 0 fully saturated rings. The Morgan fingerprint density at radius 1 is 1.20 bits per heavy atom. The summed E-state index contributed by atoms with van der Waals surface area (Å²) in [6.45, 7) is 1.30. The fourth-order valence-electron chi connectivity index (χ4n) is 2.34. The van der Waals surface area contributed by atoms with Crippen molar-refractivity contribution < 1.29 is 13.5 Å². The van der Waals surface area contributed by atoms with E-state index in [9.17, 15) is 8.78 Å². The molecule has 0 amide bonds. The second kappa shape index (κ2) is 7.39. The van der Waals surface area contributed by atoms with Gasteiger partial charge in [0.25, 0.3) is 0 Å². The van der Waals surface area contributed by atoms with Gasteiger partial charge in [-0.2, -0.15) is 15.1 Å². The van der Waals surface area contributed by atoms with Crippen LogP contribution in [0, 0.1) is 11.6 Å². The lowest BCUT2D eigenvalue weighted by molar-refractivity contribution is 0.198. The fraction of sp³-hybridized carbons (Fsp3) is 0.312. The summed E-state index contributed by atoms with van der Waals surface area (Å²) in [6, 6.07) is 3.52. The van der Waals surface area contributed by atoms with Gasteiger partial charge in [0, 0.05) is 39.1 Å². The third kappa shape index (κ3) is 3.82. The summed E-state index contributed by atoms with van der Waals surface area (Å²) in [4.78, 5) is 8.80. The largest absolute Gasteiger partial charge is 0.385 e. The van der Waals surface area contributed by atoms with Crippen LogP contribution in [0.4, 0.5) is 26.2 Å². The van der Waals surface area contributed by atoms with E-state index >= 15 is 0 Å². The second-order valence-electron chi connectivity index (χ2n) is 5.43. The van der Waals surface area contributed by atoms with E-state index in [0.717, 1.165) is 23.9 Å². The van der Waals surface area contributed by atoms with Crippen LogP contribution in [0.3, 0.4) is 0 Å². The molecular formula is C16H18F2N6O. The lowest BCUT2D eigenvalue weighted by Crippen LogP contribution is -2.09. The van der Waals surface area contributed by atoms with Gasteiger partial charge in [-0.15, -0.1) is 0 Å². The van der Waals surface area contributed by atoms with Crippen LogP contribution in [0.25, 0.3) is 11.0 Å². The highest BCUT2D eigenvalue weighted by atomic mass is 19.2. The first kappa shape index (κ1) is 17.0. The number of nitrogens with zero attached hydrogens (tertiary/aromatic N) is 4. The molecule has 0 radical (unpaired) electrons. The summed E-state index contributed by atoms with van der Waals surface area (Å²) in [5, 5.41) is 11.1. The van der Waals surface area contributed by atoms with Crippen LogP contribution in [0.15, 0.2) is 24.4 Å². The molecule has 0 spiro atoms. The van der Waals surface area contributed by atoms with Crippen molar-refractivity contribution in [1.29, 1.82) is 0 Å². The molecule has 2 aromatic heterocycles. The number of fused-ring (bicyclic) bond motifs is 1. The number of halogens is 2.